The second kappa shape index (κ2) is 5.81. The number of fused-ring (bicyclic) bond motifs is 3. The zero-order valence-electron chi connectivity index (χ0n) is 14.7. The highest BCUT2D eigenvalue weighted by Crippen LogP contribution is 2.46. The molecule has 1 atom stereocenters. The molecule has 4 rings (SSSR count). The molecular weight excluding hydrogens is 347 g/mol. The fourth-order valence-electron chi connectivity index (χ4n) is 3.65. The molecule has 2 aromatic carbocycles. The lowest BCUT2D eigenvalue weighted by Crippen LogP contribution is -2.56. The standard InChI is InChI=1S/C21H15FN2O3/c1-12(2)10-17(25)24-21(15-8-4-3-6-13(15)11-23-24)19(26)14-7-5-9-16(22)18(14)20(21)27/h3-11H,1-2H3. The number of benzene rings is 2. The van der Waals surface area contributed by atoms with E-state index in [-0.39, 0.29) is 11.1 Å². The topological polar surface area (TPSA) is 66.8 Å². The first-order valence-corrected chi connectivity index (χ1v) is 8.39. The van der Waals surface area contributed by atoms with E-state index in [0.29, 0.717) is 16.7 Å². The number of Topliss-reactive ketones (excluding diaryl/α,β-unsaturated/α-hetero) is 2. The molecule has 1 aliphatic carbocycles. The minimum atomic E-state index is -2.03. The van der Waals surface area contributed by atoms with Crippen LogP contribution in [0.15, 0.2) is 59.2 Å². The molecule has 1 unspecified atom stereocenters. The van der Waals surface area contributed by atoms with Crippen molar-refractivity contribution in [3.63, 3.8) is 0 Å². The number of nitrogens with zero attached hydrogens (tertiary/aromatic N) is 2. The van der Waals surface area contributed by atoms with Gasteiger partial charge in [-0.05, 0) is 19.9 Å². The molecular formula is C21H15FN2O3. The van der Waals surface area contributed by atoms with Gasteiger partial charge in [-0.25, -0.2) is 9.40 Å². The van der Waals surface area contributed by atoms with Gasteiger partial charge in [-0.15, -0.1) is 0 Å². The third kappa shape index (κ3) is 2.16. The van der Waals surface area contributed by atoms with E-state index in [9.17, 15) is 18.8 Å². The van der Waals surface area contributed by atoms with Crippen LogP contribution in [-0.4, -0.2) is 28.7 Å². The average Bonchev–Trinajstić information content (AvgIpc) is 2.85. The molecule has 0 bridgehead atoms. The normalized spacial score (nSPS) is 19.9. The summed E-state index contributed by atoms with van der Waals surface area (Å²) in [6.45, 7) is 3.44. The Morgan fingerprint density at radius 3 is 2.52 bits per heavy atom. The number of hydrazone groups is 1. The lowest BCUT2D eigenvalue weighted by molar-refractivity contribution is -0.130. The Labute approximate surface area is 154 Å². The highest BCUT2D eigenvalue weighted by Gasteiger charge is 2.62. The molecule has 1 heterocycles. The second-order valence-corrected chi connectivity index (χ2v) is 6.73. The van der Waals surface area contributed by atoms with E-state index in [4.69, 9.17) is 0 Å². The minimum Gasteiger partial charge on any atom is -0.290 e. The van der Waals surface area contributed by atoms with Crippen LogP contribution in [0.4, 0.5) is 4.39 Å². The van der Waals surface area contributed by atoms with E-state index >= 15 is 0 Å². The molecule has 0 radical (unpaired) electrons. The van der Waals surface area contributed by atoms with Gasteiger partial charge < -0.3 is 0 Å². The minimum absolute atomic E-state index is 0.0399. The van der Waals surface area contributed by atoms with Gasteiger partial charge in [0.2, 0.25) is 17.1 Å². The second-order valence-electron chi connectivity index (χ2n) is 6.73. The van der Waals surface area contributed by atoms with E-state index in [1.807, 2.05) is 0 Å². The van der Waals surface area contributed by atoms with Gasteiger partial charge in [-0.1, -0.05) is 42.0 Å². The monoisotopic (exact) mass is 362 g/mol. The van der Waals surface area contributed by atoms with Gasteiger partial charge in [0.05, 0.1) is 11.8 Å². The highest BCUT2D eigenvalue weighted by atomic mass is 19.1. The summed E-state index contributed by atoms with van der Waals surface area (Å²) in [6.07, 6.45) is 2.73. The van der Waals surface area contributed by atoms with Crippen LogP contribution in [0.25, 0.3) is 0 Å². The maximum Gasteiger partial charge on any atom is 0.268 e. The fraction of sp³-hybridized carbons (Fsp3) is 0.143. The Kier molecular flexibility index (Phi) is 3.66. The predicted octanol–water partition coefficient (Wildman–Crippen LogP) is 3.24. The summed E-state index contributed by atoms with van der Waals surface area (Å²) in [5.41, 5.74) is -0.828. The van der Waals surface area contributed by atoms with Crippen LogP contribution in [0.3, 0.4) is 0 Å². The maximum absolute atomic E-state index is 14.4. The molecule has 0 aromatic heterocycles. The Morgan fingerprint density at radius 2 is 1.81 bits per heavy atom. The van der Waals surface area contributed by atoms with E-state index in [2.05, 4.69) is 5.10 Å². The fourth-order valence-corrected chi connectivity index (χ4v) is 3.65. The highest BCUT2D eigenvalue weighted by molar-refractivity contribution is 6.34. The van der Waals surface area contributed by atoms with Crippen LogP contribution < -0.4 is 0 Å². The molecule has 1 spiro atoms. The quantitative estimate of drug-likeness (QED) is 0.578. The van der Waals surface area contributed by atoms with Gasteiger partial charge in [0.15, 0.2) is 0 Å². The smallest absolute Gasteiger partial charge is 0.268 e. The van der Waals surface area contributed by atoms with Crippen molar-refractivity contribution in [3.05, 3.63) is 82.2 Å². The third-order valence-electron chi connectivity index (χ3n) is 4.74. The molecule has 6 heteroatoms. The van der Waals surface area contributed by atoms with E-state index in [0.717, 1.165) is 11.1 Å². The summed E-state index contributed by atoms with van der Waals surface area (Å²) in [5, 5.41) is 5.00. The zero-order chi connectivity index (χ0) is 19.3. The first-order valence-electron chi connectivity index (χ1n) is 8.39. The van der Waals surface area contributed by atoms with Crippen molar-refractivity contribution < 1.29 is 18.8 Å². The van der Waals surface area contributed by atoms with E-state index < -0.39 is 28.8 Å². The van der Waals surface area contributed by atoms with Crippen molar-refractivity contribution in [2.75, 3.05) is 0 Å². The average molecular weight is 362 g/mol. The molecule has 2 aromatic rings. The van der Waals surface area contributed by atoms with E-state index in [1.54, 1.807) is 38.1 Å². The molecule has 0 N–H and O–H groups in total. The van der Waals surface area contributed by atoms with Crippen molar-refractivity contribution in [1.29, 1.82) is 0 Å². The summed E-state index contributed by atoms with van der Waals surface area (Å²) in [5.74, 6) is -2.83. The van der Waals surface area contributed by atoms with Crippen LogP contribution in [-0.2, 0) is 10.3 Å². The van der Waals surface area contributed by atoms with Crippen LogP contribution in [0, 0.1) is 5.82 Å². The first kappa shape index (κ1) is 17.0. The third-order valence-corrected chi connectivity index (χ3v) is 4.74. The number of carbonyl (C=O) groups excluding carboxylic acids is 3. The summed E-state index contributed by atoms with van der Waals surface area (Å²) < 4.78 is 14.4. The van der Waals surface area contributed by atoms with Gasteiger partial charge >= 0.3 is 0 Å². The summed E-state index contributed by atoms with van der Waals surface area (Å²) in [7, 11) is 0. The van der Waals surface area contributed by atoms with Crippen molar-refractivity contribution in [2.45, 2.75) is 19.4 Å². The van der Waals surface area contributed by atoms with Crippen LogP contribution in [0.2, 0.25) is 0 Å². The Balaban J connectivity index is 2.05. The van der Waals surface area contributed by atoms with Crippen molar-refractivity contribution in [2.24, 2.45) is 5.10 Å². The molecule has 0 saturated carbocycles. The summed E-state index contributed by atoms with van der Waals surface area (Å²) >= 11 is 0. The lowest BCUT2D eigenvalue weighted by atomic mass is 9.80. The number of carbonyl (C=O) groups is 3. The molecule has 27 heavy (non-hydrogen) atoms. The van der Waals surface area contributed by atoms with Crippen LogP contribution in [0.1, 0.15) is 45.7 Å². The molecule has 0 fully saturated rings. The lowest BCUT2D eigenvalue weighted by Gasteiger charge is -2.37. The zero-order valence-corrected chi connectivity index (χ0v) is 14.7. The van der Waals surface area contributed by atoms with Gasteiger partial charge in [0.1, 0.15) is 5.82 Å². The predicted molar refractivity (Wildman–Crippen MR) is 97.1 cm³/mol. The molecule has 2 aliphatic rings. The number of hydrogen-bond donors (Lipinski definition) is 0. The number of hydrogen-bond acceptors (Lipinski definition) is 4. The Morgan fingerprint density at radius 1 is 1.07 bits per heavy atom. The number of rotatable bonds is 1. The molecule has 134 valence electrons. The summed E-state index contributed by atoms with van der Waals surface area (Å²) in [4.78, 5) is 39.7. The summed E-state index contributed by atoms with van der Waals surface area (Å²) in [6, 6.07) is 10.6. The Hall–Kier alpha value is -3.41. The molecule has 0 saturated heterocycles. The van der Waals surface area contributed by atoms with Crippen molar-refractivity contribution in [1.82, 2.24) is 5.01 Å². The van der Waals surface area contributed by atoms with E-state index in [1.165, 1.54) is 24.4 Å². The number of amides is 1. The Bertz CT molecular complexity index is 1080. The number of allylic oxidation sites excluding steroid dienone is 1. The van der Waals surface area contributed by atoms with Crippen LogP contribution >= 0.6 is 0 Å². The van der Waals surface area contributed by atoms with Crippen molar-refractivity contribution >= 4 is 23.7 Å². The van der Waals surface area contributed by atoms with Gasteiger partial charge in [-0.2, -0.15) is 5.10 Å². The maximum atomic E-state index is 14.4. The first-order chi connectivity index (χ1) is 12.9. The number of ketones is 2. The largest absolute Gasteiger partial charge is 0.290 e. The van der Waals surface area contributed by atoms with Crippen molar-refractivity contribution in [3.8, 4) is 0 Å². The van der Waals surface area contributed by atoms with Crippen LogP contribution in [0.5, 0.6) is 0 Å². The number of halogens is 1. The van der Waals surface area contributed by atoms with Gasteiger partial charge in [0, 0.05) is 22.8 Å². The molecule has 5 nitrogen and oxygen atoms in total. The van der Waals surface area contributed by atoms with Gasteiger partial charge in [0.25, 0.3) is 5.91 Å². The van der Waals surface area contributed by atoms with Gasteiger partial charge in [-0.3, -0.25) is 14.4 Å². The molecule has 1 amide bonds. The molecule has 1 aliphatic heterocycles. The SMILES string of the molecule is CC(C)=CC(=O)N1N=Cc2ccccc2C12C(=O)c1cccc(F)c1C2=O.